The highest BCUT2D eigenvalue weighted by atomic mass is 15.3. The molecule has 4 rings (SSSR count). The van der Waals surface area contributed by atoms with Crippen LogP contribution in [0.25, 0.3) is 11.3 Å². The van der Waals surface area contributed by atoms with Crippen LogP contribution < -0.4 is 0 Å². The minimum absolute atomic E-state index is 0.773. The van der Waals surface area contributed by atoms with E-state index in [1.807, 2.05) is 11.7 Å². The van der Waals surface area contributed by atoms with E-state index in [2.05, 4.69) is 46.3 Å². The van der Waals surface area contributed by atoms with Crippen LogP contribution in [0.4, 0.5) is 0 Å². The standard InChI is InChI=1S/C19H26N4/c1-21-13-17(19(20-21)16-7-3-2-4-8-16)14-22-12-9-18(15-22)23-10-5-6-11-23/h2-4,7-8,13,18H,5-6,9-12,14-15H2,1H3. The van der Waals surface area contributed by atoms with Gasteiger partial charge in [0.15, 0.2) is 0 Å². The van der Waals surface area contributed by atoms with Crippen molar-refractivity contribution in [1.29, 1.82) is 0 Å². The summed E-state index contributed by atoms with van der Waals surface area (Å²) in [5.41, 5.74) is 3.71. The van der Waals surface area contributed by atoms with Gasteiger partial charge in [-0.3, -0.25) is 14.5 Å². The molecule has 0 saturated carbocycles. The highest BCUT2D eigenvalue weighted by Crippen LogP contribution is 2.26. The topological polar surface area (TPSA) is 24.3 Å². The fraction of sp³-hybridized carbons (Fsp3) is 0.526. The molecule has 3 heterocycles. The Hall–Kier alpha value is -1.65. The van der Waals surface area contributed by atoms with Crippen molar-refractivity contribution in [2.45, 2.75) is 31.8 Å². The molecule has 2 saturated heterocycles. The summed E-state index contributed by atoms with van der Waals surface area (Å²) >= 11 is 0. The van der Waals surface area contributed by atoms with Crippen LogP contribution in [0.2, 0.25) is 0 Å². The van der Waals surface area contributed by atoms with E-state index in [4.69, 9.17) is 5.10 Å². The summed E-state index contributed by atoms with van der Waals surface area (Å²) < 4.78 is 1.95. The molecule has 0 bridgehead atoms. The third-order valence-corrected chi connectivity index (χ3v) is 5.25. The molecule has 0 N–H and O–H groups in total. The summed E-state index contributed by atoms with van der Waals surface area (Å²) in [5.74, 6) is 0. The van der Waals surface area contributed by atoms with Crippen LogP contribution in [0.1, 0.15) is 24.8 Å². The van der Waals surface area contributed by atoms with Crippen LogP contribution in [0.15, 0.2) is 36.5 Å². The zero-order valence-corrected chi connectivity index (χ0v) is 14.0. The predicted octanol–water partition coefficient (Wildman–Crippen LogP) is 2.76. The molecule has 0 aliphatic carbocycles. The second-order valence-electron chi connectivity index (χ2n) is 6.96. The lowest BCUT2D eigenvalue weighted by Gasteiger charge is -2.23. The summed E-state index contributed by atoms with van der Waals surface area (Å²) in [7, 11) is 2.02. The molecule has 23 heavy (non-hydrogen) atoms. The van der Waals surface area contributed by atoms with E-state index in [0.717, 1.165) is 18.3 Å². The van der Waals surface area contributed by atoms with E-state index < -0.39 is 0 Å². The molecule has 122 valence electrons. The zero-order chi connectivity index (χ0) is 15.6. The molecular formula is C19H26N4. The van der Waals surface area contributed by atoms with E-state index in [1.54, 1.807) is 0 Å². The molecule has 2 aromatic rings. The average Bonchev–Trinajstić information content (AvgIpc) is 3.29. The van der Waals surface area contributed by atoms with Gasteiger partial charge in [0.2, 0.25) is 0 Å². The molecule has 1 aromatic carbocycles. The van der Waals surface area contributed by atoms with Gasteiger partial charge < -0.3 is 0 Å². The van der Waals surface area contributed by atoms with E-state index in [-0.39, 0.29) is 0 Å². The summed E-state index contributed by atoms with van der Waals surface area (Å²) in [6.45, 7) is 6.05. The Balaban J connectivity index is 1.47. The molecule has 2 aliphatic rings. The molecule has 0 radical (unpaired) electrons. The van der Waals surface area contributed by atoms with Crippen molar-refractivity contribution < 1.29 is 0 Å². The van der Waals surface area contributed by atoms with Gasteiger partial charge >= 0.3 is 0 Å². The Kier molecular flexibility index (Phi) is 4.19. The van der Waals surface area contributed by atoms with Gasteiger partial charge in [0.1, 0.15) is 0 Å². The molecule has 2 aliphatic heterocycles. The molecule has 2 fully saturated rings. The Morgan fingerprint density at radius 2 is 1.87 bits per heavy atom. The summed E-state index contributed by atoms with van der Waals surface area (Å²) in [6, 6.07) is 11.3. The lowest BCUT2D eigenvalue weighted by atomic mass is 10.1. The third kappa shape index (κ3) is 3.19. The van der Waals surface area contributed by atoms with Gasteiger partial charge in [-0.05, 0) is 32.4 Å². The molecular weight excluding hydrogens is 284 g/mol. The quantitative estimate of drug-likeness (QED) is 0.868. The second kappa shape index (κ2) is 6.46. The third-order valence-electron chi connectivity index (χ3n) is 5.25. The molecule has 0 amide bonds. The zero-order valence-electron chi connectivity index (χ0n) is 14.0. The van der Waals surface area contributed by atoms with Crippen molar-refractivity contribution >= 4 is 0 Å². The van der Waals surface area contributed by atoms with Crippen molar-refractivity contribution in [3.05, 3.63) is 42.1 Å². The van der Waals surface area contributed by atoms with Gasteiger partial charge in [0.25, 0.3) is 0 Å². The van der Waals surface area contributed by atoms with Crippen LogP contribution in [0.3, 0.4) is 0 Å². The Labute approximate surface area is 138 Å². The minimum Gasteiger partial charge on any atom is -0.299 e. The maximum Gasteiger partial charge on any atom is 0.0968 e. The molecule has 1 unspecified atom stereocenters. The first-order valence-corrected chi connectivity index (χ1v) is 8.84. The van der Waals surface area contributed by atoms with Gasteiger partial charge in [0, 0.05) is 50.0 Å². The molecule has 0 spiro atoms. The fourth-order valence-electron chi connectivity index (χ4n) is 4.09. The number of aromatic nitrogens is 2. The summed E-state index contributed by atoms with van der Waals surface area (Å²) in [6.07, 6.45) is 6.28. The van der Waals surface area contributed by atoms with Crippen molar-refractivity contribution in [2.75, 3.05) is 26.2 Å². The maximum atomic E-state index is 4.70. The van der Waals surface area contributed by atoms with Crippen LogP contribution in [0.5, 0.6) is 0 Å². The monoisotopic (exact) mass is 310 g/mol. The van der Waals surface area contributed by atoms with E-state index in [1.165, 1.54) is 56.6 Å². The van der Waals surface area contributed by atoms with E-state index >= 15 is 0 Å². The van der Waals surface area contributed by atoms with E-state index in [0.29, 0.717) is 0 Å². The Morgan fingerprint density at radius 1 is 1.09 bits per heavy atom. The average molecular weight is 310 g/mol. The van der Waals surface area contributed by atoms with Crippen LogP contribution in [0, 0.1) is 0 Å². The van der Waals surface area contributed by atoms with Gasteiger partial charge in [-0.2, -0.15) is 5.10 Å². The van der Waals surface area contributed by atoms with Crippen molar-refractivity contribution in [3.8, 4) is 11.3 Å². The first kappa shape index (κ1) is 14.9. The van der Waals surface area contributed by atoms with Crippen LogP contribution in [-0.4, -0.2) is 51.8 Å². The number of hydrogen-bond acceptors (Lipinski definition) is 3. The lowest BCUT2D eigenvalue weighted by molar-refractivity contribution is 0.230. The Morgan fingerprint density at radius 3 is 2.65 bits per heavy atom. The lowest BCUT2D eigenvalue weighted by Crippen LogP contribution is -2.35. The summed E-state index contributed by atoms with van der Waals surface area (Å²) in [4.78, 5) is 5.30. The molecule has 4 nitrogen and oxygen atoms in total. The van der Waals surface area contributed by atoms with Crippen LogP contribution in [-0.2, 0) is 13.6 Å². The number of rotatable bonds is 4. The second-order valence-corrected chi connectivity index (χ2v) is 6.96. The first-order valence-electron chi connectivity index (χ1n) is 8.84. The van der Waals surface area contributed by atoms with Gasteiger partial charge in [-0.1, -0.05) is 30.3 Å². The highest BCUT2D eigenvalue weighted by molar-refractivity contribution is 5.62. The summed E-state index contributed by atoms with van der Waals surface area (Å²) in [5, 5.41) is 4.70. The molecule has 4 heteroatoms. The van der Waals surface area contributed by atoms with Crippen molar-refractivity contribution in [1.82, 2.24) is 19.6 Å². The smallest absolute Gasteiger partial charge is 0.0968 e. The maximum absolute atomic E-state index is 4.70. The van der Waals surface area contributed by atoms with Gasteiger partial charge in [-0.15, -0.1) is 0 Å². The Bertz CT molecular complexity index is 643. The number of hydrogen-bond donors (Lipinski definition) is 0. The van der Waals surface area contributed by atoms with Crippen LogP contribution >= 0.6 is 0 Å². The van der Waals surface area contributed by atoms with E-state index in [9.17, 15) is 0 Å². The predicted molar refractivity (Wildman–Crippen MR) is 93.1 cm³/mol. The number of benzene rings is 1. The largest absolute Gasteiger partial charge is 0.299 e. The van der Waals surface area contributed by atoms with Gasteiger partial charge in [0.05, 0.1) is 5.69 Å². The SMILES string of the molecule is Cn1cc(CN2CCC(N3CCCC3)C2)c(-c2ccccc2)n1. The number of likely N-dealkylation sites (tertiary alicyclic amines) is 2. The number of nitrogens with zero attached hydrogens (tertiary/aromatic N) is 4. The first-order chi connectivity index (χ1) is 11.3. The normalized spacial score (nSPS) is 22.9. The van der Waals surface area contributed by atoms with Crippen molar-refractivity contribution in [3.63, 3.8) is 0 Å². The number of aryl methyl sites for hydroxylation is 1. The van der Waals surface area contributed by atoms with Crippen molar-refractivity contribution in [2.24, 2.45) is 7.05 Å². The fourth-order valence-corrected chi connectivity index (χ4v) is 4.09. The molecule has 1 aromatic heterocycles. The minimum atomic E-state index is 0.773. The highest BCUT2D eigenvalue weighted by Gasteiger charge is 2.29. The van der Waals surface area contributed by atoms with Gasteiger partial charge in [-0.25, -0.2) is 0 Å². The molecule has 1 atom stereocenters.